The van der Waals surface area contributed by atoms with Crippen LogP contribution < -0.4 is 14.9 Å². The van der Waals surface area contributed by atoms with Gasteiger partial charge in [0.25, 0.3) is 0 Å². The van der Waals surface area contributed by atoms with Crippen LogP contribution in [0.25, 0.3) is 0 Å². The van der Waals surface area contributed by atoms with Gasteiger partial charge in [0.15, 0.2) is 0 Å². The normalized spacial score (nSPS) is 20.8. The van der Waals surface area contributed by atoms with E-state index in [2.05, 4.69) is 10.6 Å². The van der Waals surface area contributed by atoms with Crippen LogP contribution in [0.4, 0.5) is 16.2 Å². The van der Waals surface area contributed by atoms with E-state index >= 15 is 0 Å². The number of hydrogen-bond acceptors (Lipinski definition) is 3. The van der Waals surface area contributed by atoms with Gasteiger partial charge < -0.3 is 10.6 Å². The predicted molar refractivity (Wildman–Crippen MR) is 96.2 cm³/mol. The number of sulfonamides is 1. The van der Waals surface area contributed by atoms with Gasteiger partial charge in [-0.25, -0.2) is 13.2 Å². The minimum Gasteiger partial charge on any atom is -0.335 e. The van der Waals surface area contributed by atoms with Gasteiger partial charge in [-0.1, -0.05) is 30.9 Å². The first-order valence-corrected chi connectivity index (χ1v) is 10.3. The van der Waals surface area contributed by atoms with Crippen LogP contribution in [0.1, 0.15) is 38.5 Å². The molecule has 1 aromatic rings. The Morgan fingerprint density at radius 1 is 1.17 bits per heavy atom. The van der Waals surface area contributed by atoms with Crippen molar-refractivity contribution in [2.45, 2.75) is 44.6 Å². The molecule has 1 heterocycles. The number of carbonyl (C=O) groups is 1. The summed E-state index contributed by atoms with van der Waals surface area (Å²) in [7, 11) is -3.26. The molecule has 0 bridgehead atoms. The Labute approximate surface area is 147 Å². The fourth-order valence-electron chi connectivity index (χ4n) is 3.28. The largest absolute Gasteiger partial charge is 0.335 e. The second-order valence-electron chi connectivity index (χ2n) is 6.34. The van der Waals surface area contributed by atoms with Crippen molar-refractivity contribution >= 4 is 39.0 Å². The number of carbonyl (C=O) groups excluding carboxylic acids is 1. The topological polar surface area (TPSA) is 78.5 Å². The summed E-state index contributed by atoms with van der Waals surface area (Å²) in [4.78, 5) is 12.2. The Morgan fingerprint density at radius 3 is 2.58 bits per heavy atom. The van der Waals surface area contributed by atoms with Crippen molar-refractivity contribution in [3.63, 3.8) is 0 Å². The third-order valence-electron chi connectivity index (χ3n) is 4.53. The molecule has 6 nitrogen and oxygen atoms in total. The molecule has 2 amide bonds. The summed E-state index contributed by atoms with van der Waals surface area (Å²) in [6, 6.07) is 4.78. The maximum Gasteiger partial charge on any atom is 0.319 e. The molecule has 2 aliphatic rings. The Morgan fingerprint density at radius 2 is 1.92 bits per heavy atom. The zero-order chi connectivity index (χ0) is 17.2. The molecule has 0 unspecified atom stereocenters. The van der Waals surface area contributed by atoms with E-state index in [0.29, 0.717) is 29.4 Å². The first-order valence-electron chi connectivity index (χ1n) is 8.33. The van der Waals surface area contributed by atoms with Gasteiger partial charge in [-0.05, 0) is 37.5 Å². The fourth-order valence-corrected chi connectivity index (χ4v) is 5.01. The van der Waals surface area contributed by atoms with Gasteiger partial charge in [-0.3, -0.25) is 4.31 Å². The molecule has 8 heteroatoms. The molecule has 1 aromatic carbocycles. The van der Waals surface area contributed by atoms with Crippen LogP contribution in [0.3, 0.4) is 0 Å². The minimum atomic E-state index is -3.26. The van der Waals surface area contributed by atoms with E-state index in [1.54, 1.807) is 18.2 Å². The highest BCUT2D eigenvalue weighted by molar-refractivity contribution is 7.93. The zero-order valence-electron chi connectivity index (χ0n) is 13.4. The van der Waals surface area contributed by atoms with Gasteiger partial charge in [0.05, 0.1) is 22.2 Å². The number of benzene rings is 1. The molecule has 0 spiro atoms. The summed E-state index contributed by atoms with van der Waals surface area (Å²) in [5, 5.41) is 6.09. The average Bonchev–Trinajstić information content (AvgIpc) is 2.90. The quantitative estimate of drug-likeness (QED) is 0.855. The monoisotopic (exact) mass is 371 g/mol. The molecule has 0 atom stereocenters. The van der Waals surface area contributed by atoms with E-state index in [0.717, 1.165) is 25.7 Å². The highest BCUT2D eigenvalue weighted by Crippen LogP contribution is 2.31. The Kier molecular flexibility index (Phi) is 5.20. The number of anilines is 2. The molecule has 1 saturated carbocycles. The predicted octanol–water partition coefficient (Wildman–Crippen LogP) is 3.33. The van der Waals surface area contributed by atoms with Crippen LogP contribution in [0, 0.1) is 0 Å². The molecule has 2 N–H and O–H groups in total. The number of urea groups is 1. The smallest absolute Gasteiger partial charge is 0.319 e. The second kappa shape index (κ2) is 7.19. The summed E-state index contributed by atoms with van der Waals surface area (Å²) in [5.74, 6) is 0.153. The molecule has 1 saturated heterocycles. The first kappa shape index (κ1) is 17.4. The summed E-state index contributed by atoms with van der Waals surface area (Å²) >= 11 is 6.15. The van der Waals surface area contributed by atoms with Crippen molar-refractivity contribution < 1.29 is 13.2 Å². The molecule has 2 fully saturated rings. The number of nitrogens with one attached hydrogen (secondary N) is 2. The lowest BCUT2D eigenvalue weighted by atomic mass is 9.96. The van der Waals surface area contributed by atoms with Crippen LogP contribution in [-0.2, 0) is 10.0 Å². The van der Waals surface area contributed by atoms with E-state index in [1.807, 2.05) is 0 Å². The standard InChI is InChI=1S/C16H22ClN3O3S/c17-14-8-7-13(20-9-4-10-24(20,22)23)11-15(14)19-16(21)18-12-5-2-1-3-6-12/h7-8,11-12H,1-6,9-10H2,(H2,18,19,21). The lowest BCUT2D eigenvalue weighted by Gasteiger charge is -2.23. The van der Waals surface area contributed by atoms with Crippen LogP contribution in [-0.4, -0.2) is 32.8 Å². The maximum atomic E-state index is 12.2. The fraction of sp³-hybridized carbons (Fsp3) is 0.562. The first-order chi connectivity index (χ1) is 11.5. The summed E-state index contributed by atoms with van der Waals surface area (Å²) in [6.45, 7) is 0.456. The number of rotatable bonds is 3. The zero-order valence-corrected chi connectivity index (χ0v) is 15.0. The van der Waals surface area contributed by atoms with E-state index < -0.39 is 10.0 Å². The van der Waals surface area contributed by atoms with Gasteiger partial charge in [-0.2, -0.15) is 0 Å². The van der Waals surface area contributed by atoms with Crippen molar-refractivity contribution in [2.24, 2.45) is 0 Å². The van der Waals surface area contributed by atoms with Crippen molar-refractivity contribution in [2.75, 3.05) is 21.9 Å². The van der Waals surface area contributed by atoms with Crippen molar-refractivity contribution in [1.82, 2.24) is 5.32 Å². The third-order valence-corrected chi connectivity index (χ3v) is 6.72. The molecule has 1 aliphatic heterocycles. The molecule has 24 heavy (non-hydrogen) atoms. The average molecular weight is 372 g/mol. The Balaban J connectivity index is 1.71. The van der Waals surface area contributed by atoms with Crippen molar-refractivity contribution in [3.8, 4) is 0 Å². The van der Waals surface area contributed by atoms with Gasteiger partial charge >= 0.3 is 6.03 Å². The second-order valence-corrected chi connectivity index (χ2v) is 8.76. The van der Waals surface area contributed by atoms with E-state index in [-0.39, 0.29) is 17.8 Å². The summed E-state index contributed by atoms with van der Waals surface area (Å²) < 4.78 is 25.4. The van der Waals surface area contributed by atoms with Gasteiger partial charge in [-0.15, -0.1) is 0 Å². The Bertz CT molecular complexity index is 717. The third kappa shape index (κ3) is 3.95. The number of hydrogen-bond donors (Lipinski definition) is 2. The molecule has 132 valence electrons. The highest BCUT2D eigenvalue weighted by atomic mass is 35.5. The van der Waals surface area contributed by atoms with Gasteiger partial charge in [0, 0.05) is 12.6 Å². The molecule has 0 radical (unpaired) electrons. The molecular formula is C16H22ClN3O3S. The lowest BCUT2D eigenvalue weighted by Crippen LogP contribution is -2.39. The molecule has 0 aromatic heterocycles. The summed E-state index contributed by atoms with van der Waals surface area (Å²) in [5.41, 5.74) is 0.953. The number of nitrogens with zero attached hydrogens (tertiary/aromatic N) is 1. The van der Waals surface area contributed by atoms with Crippen LogP contribution in [0.5, 0.6) is 0 Å². The Hall–Kier alpha value is -1.47. The summed E-state index contributed by atoms with van der Waals surface area (Å²) in [6.07, 6.45) is 6.08. The molecule has 3 rings (SSSR count). The SMILES string of the molecule is O=C(Nc1cc(N2CCCS2(=O)=O)ccc1Cl)NC1CCCCC1. The number of halogens is 1. The van der Waals surface area contributed by atoms with E-state index in [4.69, 9.17) is 11.6 Å². The van der Waals surface area contributed by atoms with Crippen LogP contribution in [0.15, 0.2) is 18.2 Å². The van der Waals surface area contributed by atoms with E-state index in [1.165, 1.54) is 10.7 Å². The molecule has 1 aliphatic carbocycles. The van der Waals surface area contributed by atoms with Crippen molar-refractivity contribution in [1.29, 1.82) is 0 Å². The molecular weight excluding hydrogens is 350 g/mol. The van der Waals surface area contributed by atoms with Gasteiger partial charge in [0.2, 0.25) is 10.0 Å². The van der Waals surface area contributed by atoms with Gasteiger partial charge in [0.1, 0.15) is 0 Å². The minimum absolute atomic E-state index is 0.153. The maximum absolute atomic E-state index is 12.2. The van der Waals surface area contributed by atoms with Crippen LogP contribution in [0.2, 0.25) is 5.02 Å². The number of amides is 2. The lowest BCUT2D eigenvalue weighted by molar-refractivity contribution is 0.244. The van der Waals surface area contributed by atoms with E-state index in [9.17, 15) is 13.2 Å². The van der Waals surface area contributed by atoms with Crippen LogP contribution >= 0.6 is 11.6 Å². The highest BCUT2D eigenvalue weighted by Gasteiger charge is 2.29. The van der Waals surface area contributed by atoms with Crippen molar-refractivity contribution in [3.05, 3.63) is 23.2 Å².